The lowest BCUT2D eigenvalue weighted by Crippen LogP contribution is -2.56. The zero-order chi connectivity index (χ0) is 18.6. The predicted molar refractivity (Wildman–Crippen MR) is 106 cm³/mol. The number of ether oxygens (including phenoxy) is 3. The van der Waals surface area contributed by atoms with Gasteiger partial charge in [-0.15, -0.1) is 0 Å². The van der Waals surface area contributed by atoms with Crippen molar-refractivity contribution in [2.75, 3.05) is 13.2 Å². The van der Waals surface area contributed by atoms with E-state index in [2.05, 4.69) is 15.9 Å². The minimum Gasteiger partial charge on any atom is -0.489 e. The van der Waals surface area contributed by atoms with Gasteiger partial charge in [-0.25, -0.2) is 0 Å². The molecule has 0 spiro atoms. The van der Waals surface area contributed by atoms with Crippen molar-refractivity contribution in [3.05, 3.63) is 22.7 Å². The summed E-state index contributed by atoms with van der Waals surface area (Å²) in [6.45, 7) is 1.42. The van der Waals surface area contributed by atoms with Crippen molar-refractivity contribution in [2.45, 2.75) is 55.9 Å². The lowest BCUT2D eigenvalue weighted by molar-refractivity contribution is -0.170. The Hall–Kier alpha value is -0.940. The van der Waals surface area contributed by atoms with Crippen LogP contribution in [-0.2, 0) is 16.1 Å². The maximum absolute atomic E-state index is 13.1. The Labute approximate surface area is 173 Å². The second-order valence-corrected chi connectivity index (χ2v) is 11.0. The Bertz CT molecular complexity index is 766. The lowest BCUT2D eigenvalue weighted by Gasteiger charge is -2.58. The SMILES string of the molecule is O=C(OCc1cc(Cl)c2c(c1)OCCCO2)C12CC3CC(CC(Br)(C3)C1)C2. The highest BCUT2D eigenvalue weighted by Crippen LogP contribution is 2.64. The lowest BCUT2D eigenvalue weighted by atomic mass is 9.49. The first-order valence-corrected chi connectivity index (χ1v) is 11.1. The molecule has 2 unspecified atom stereocenters. The van der Waals surface area contributed by atoms with Crippen LogP contribution in [0.2, 0.25) is 5.02 Å². The number of alkyl halides is 1. The van der Waals surface area contributed by atoms with Crippen LogP contribution in [-0.4, -0.2) is 23.5 Å². The van der Waals surface area contributed by atoms with Gasteiger partial charge in [0.1, 0.15) is 6.61 Å². The molecule has 0 saturated heterocycles. The van der Waals surface area contributed by atoms with E-state index in [9.17, 15) is 4.79 Å². The first-order valence-electron chi connectivity index (χ1n) is 9.89. The van der Waals surface area contributed by atoms with Crippen LogP contribution < -0.4 is 9.47 Å². The molecule has 6 heteroatoms. The third-order valence-electron chi connectivity index (χ3n) is 6.65. The van der Waals surface area contributed by atoms with E-state index >= 15 is 0 Å². The van der Waals surface area contributed by atoms with Crippen molar-refractivity contribution in [3.63, 3.8) is 0 Å². The van der Waals surface area contributed by atoms with Gasteiger partial charge in [0.25, 0.3) is 0 Å². The van der Waals surface area contributed by atoms with E-state index in [0.29, 0.717) is 41.6 Å². The summed E-state index contributed by atoms with van der Waals surface area (Å²) in [6.07, 6.45) is 7.39. The molecule has 27 heavy (non-hydrogen) atoms. The minimum atomic E-state index is -0.303. The molecule has 1 aromatic rings. The molecule has 2 atom stereocenters. The largest absolute Gasteiger partial charge is 0.489 e. The van der Waals surface area contributed by atoms with Gasteiger partial charge in [-0.1, -0.05) is 27.5 Å². The molecule has 1 aromatic carbocycles. The van der Waals surface area contributed by atoms with Crippen LogP contribution in [0.25, 0.3) is 0 Å². The quantitative estimate of drug-likeness (QED) is 0.459. The van der Waals surface area contributed by atoms with Crippen molar-refractivity contribution in [1.29, 1.82) is 0 Å². The van der Waals surface area contributed by atoms with E-state index in [0.717, 1.165) is 31.2 Å². The Balaban J connectivity index is 1.31. The van der Waals surface area contributed by atoms with Gasteiger partial charge in [-0.2, -0.15) is 0 Å². The van der Waals surface area contributed by atoms with Crippen molar-refractivity contribution in [1.82, 2.24) is 0 Å². The highest BCUT2D eigenvalue weighted by Gasteiger charge is 2.60. The molecule has 4 nitrogen and oxygen atoms in total. The fraction of sp³-hybridized carbons (Fsp3) is 0.667. The van der Waals surface area contributed by atoms with E-state index < -0.39 is 0 Å². The second kappa shape index (κ2) is 6.55. The Morgan fingerprint density at radius 2 is 1.93 bits per heavy atom. The highest BCUT2D eigenvalue weighted by molar-refractivity contribution is 9.10. The summed E-state index contributed by atoms with van der Waals surface area (Å²) in [5.74, 6) is 2.51. The predicted octanol–water partition coefficient (Wildman–Crippen LogP) is 5.28. The molecule has 6 rings (SSSR count). The number of fused-ring (bicyclic) bond motifs is 1. The monoisotopic (exact) mass is 454 g/mol. The Morgan fingerprint density at radius 1 is 1.19 bits per heavy atom. The van der Waals surface area contributed by atoms with E-state index in [1.807, 2.05) is 12.1 Å². The summed E-state index contributed by atoms with van der Waals surface area (Å²) in [5, 5.41) is 0.509. The molecule has 0 amide bonds. The van der Waals surface area contributed by atoms with Gasteiger partial charge in [0.2, 0.25) is 0 Å². The average Bonchev–Trinajstić information content (AvgIpc) is 2.83. The van der Waals surface area contributed by atoms with Gasteiger partial charge in [0.05, 0.1) is 23.7 Å². The van der Waals surface area contributed by atoms with Crippen LogP contribution in [0.1, 0.15) is 50.5 Å². The Kier molecular flexibility index (Phi) is 4.39. The first-order chi connectivity index (χ1) is 12.9. The normalized spacial score (nSPS) is 36.4. The number of carbonyl (C=O) groups excluding carboxylic acids is 1. The van der Waals surface area contributed by atoms with E-state index in [-0.39, 0.29) is 22.3 Å². The number of halogens is 2. The number of carbonyl (C=O) groups is 1. The summed E-state index contributed by atoms with van der Waals surface area (Å²) in [5.41, 5.74) is 0.541. The fourth-order valence-corrected chi connectivity index (χ4v) is 7.80. The molecule has 4 bridgehead atoms. The van der Waals surface area contributed by atoms with E-state index in [1.54, 1.807) is 0 Å². The topological polar surface area (TPSA) is 44.8 Å². The summed E-state index contributed by atoms with van der Waals surface area (Å²) < 4.78 is 17.4. The highest BCUT2D eigenvalue weighted by atomic mass is 79.9. The molecule has 0 radical (unpaired) electrons. The minimum absolute atomic E-state index is 0.0383. The molecule has 0 N–H and O–H groups in total. The molecule has 146 valence electrons. The van der Waals surface area contributed by atoms with Crippen LogP contribution in [0.3, 0.4) is 0 Å². The third kappa shape index (κ3) is 3.25. The summed E-state index contributed by atoms with van der Waals surface area (Å²) in [4.78, 5) is 13.1. The molecule has 4 aliphatic carbocycles. The Morgan fingerprint density at radius 3 is 2.67 bits per heavy atom. The molecule has 5 aliphatic rings. The van der Waals surface area contributed by atoms with Crippen molar-refractivity contribution >= 4 is 33.5 Å². The van der Waals surface area contributed by atoms with Crippen LogP contribution >= 0.6 is 27.5 Å². The summed E-state index contributed by atoms with van der Waals surface area (Å²) in [7, 11) is 0. The van der Waals surface area contributed by atoms with Crippen LogP contribution in [0.4, 0.5) is 0 Å². The maximum Gasteiger partial charge on any atom is 0.312 e. The van der Waals surface area contributed by atoms with Gasteiger partial charge in [0.15, 0.2) is 11.5 Å². The number of hydrogen-bond donors (Lipinski definition) is 0. The zero-order valence-electron chi connectivity index (χ0n) is 15.3. The fourth-order valence-electron chi connectivity index (χ4n) is 6.06. The number of hydrogen-bond acceptors (Lipinski definition) is 4. The molecule has 4 fully saturated rings. The number of rotatable bonds is 3. The third-order valence-corrected chi connectivity index (χ3v) is 7.86. The van der Waals surface area contributed by atoms with Crippen molar-refractivity contribution < 1.29 is 19.0 Å². The van der Waals surface area contributed by atoms with Gasteiger partial charge < -0.3 is 14.2 Å². The molecule has 4 saturated carbocycles. The molecule has 1 aliphatic heterocycles. The van der Waals surface area contributed by atoms with Gasteiger partial charge in [0, 0.05) is 10.7 Å². The molecular formula is C21H24BrClO4. The smallest absolute Gasteiger partial charge is 0.312 e. The first kappa shape index (κ1) is 18.1. The van der Waals surface area contributed by atoms with Crippen molar-refractivity contribution in [2.24, 2.45) is 17.3 Å². The van der Waals surface area contributed by atoms with Crippen LogP contribution in [0.5, 0.6) is 11.5 Å². The molecule has 1 heterocycles. The van der Waals surface area contributed by atoms with Gasteiger partial charge in [-0.05, 0) is 68.1 Å². The maximum atomic E-state index is 13.1. The van der Waals surface area contributed by atoms with E-state index in [4.69, 9.17) is 25.8 Å². The van der Waals surface area contributed by atoms with Crippen molar-refractivity contribution in [3.8, 4) is 11.5 Å². The number of benzene rings is 1. The zero-order valence-corrected chi connectivity index (χ0v) is 17.6. The average molecular weight is 456 g/mol. The van der Waals surface area contributed by atoms with E-state index in [1.165, 1.54) is 19.3 Å². The van der Waals surface area contributed by atoms with Gasteiger partial charge in [-0.3, -0.25) is 4.79 Å². The summed E-state index contributed by atoms with van der Waals surface area (Å²) >= 11 is 10.3. The molecular weight excluding hydrogens is 432 g/mol. The second-order valence-electron chi connectivity index (χ2n) is 8.92. The number of esters is 1. The molecule has 0 aromatic heterocycles. The summed E-state index contributed by atoms with van der Waals surface area (Å²) in [6, 6.07) is 3.69. The van der Waals surface area contributed by atoms with Crippen LogP contribution in [0.15, 0.2) is 12.1 Å². The standard InChI is InChI=1S/C21H24BrClO4/c22-21-9-14-4-15(10-21)8-20(7-14,12-21)19(24)27-11-13-5-16(23)18-17(6-13)25-2-1-3-26-18/h5-6,14-15H,1-4,7-12H2. The van der Waals surface area contributed by atoms with Crippen LogP contribution in [0, 0.1) is 17.3 Å². The van der Waals surface area contributed by atoms with Gasteiger partial charge >= 0.3 is 5.97 Å².